The number of rotatable bonds is 3. The highest BCUT2D eigenvalue weighted by atomic mass is 16.6. The maximum absolute atomic E-state index is 12.5. The number of fused-ring (bicyclic) bond motifs is 1. The SMILES string of the molecule is CC1CC(C(=O)C(C#N)c2ccc3c(c2)OCCO3)CO1. The lowest BCUT2D eigenvalue weighted by molar-refractivity contribution is -0.123. The number of ketones is 1. The normalized spacial score (nSPS) is 25.1. The third kappa shape index (κ3) is 2.72. The Morgan fingerprint density at radius 2 is 2.10 bits per heavy atom. The van der Waals surface area contributed by atoms with Crippen LogP contribution in [0.2, 0.25) is 0 Å². The molecule has 0 amide bonds. The summed E-state index contributed by atoms with van der Waals surface area (Å²) in [6.07, 6.45) is 0.764. The summed E-state index contributed by atoms with van der Waals surface area (Å²) >= 11 is 0. The van der Waals surface area contributed by atoms with Gasteiger partial charge in [-0.15, -0.1) is 0 Å². The second-order valence-corrected chi connectivity index (χ2v) is 5.44. The lowest BCUT2D eigenvalue weighted by Gasteiger charge is -2.20. The predicted octanol–water partition coefficient (Wildman–Crippen LogP) is 2.06. The highest BCUT2D eigenvalue weighted by Crippen LogP contribution is 2.35. The molecule has 0 aromatic heterocycles. The van der Waals surface area contributed by atoms with E-state index in [1.807, 2.05) is 6.92 Å². The van der Waals surface area contributed by atoms with Crippen LogP contribution in [0.1, 0.15) is 24.8 Å². The number of benzene rings is 1. The summed E-state index contributed by atoms with van der Waals surface area (Å²) in [5.74, 6) is 0.214. The van der Waals surface area contributed by atoms with Crippen LogP contribution in [0, 0.1) is 17.2 Å². The molecule has 2 aliphatic rings. The number of nitrogens with zero attached hydrogens (tertiary/aromatic N) is 1. The molecular weight excluding hydrogens is 270 g/mol. The minimum atomic E-state index is -0.778. The first-order valence-electron chi connectivity index (χ1n) is 7.13. The third-order valence-corrected chi connectivity index (χ3v) is 3.91. The van der Waals surface area contributed by atoms with E-state index in [1.54, 1.807) is 18.2 Å². The monoisotopic (exact) mass is 287 g/mol. The molecule has 3 unspecified atom stereocenters. The predicted molar refractivity (Wildman–Crippen MR) is 74.3 cm³/mol. The van der Waals surface area contributed by atoms with Crippen molar-refractivity contribution in [2.45, 2.75) is 25.4 Å². The van der Waals surface area contributed by atoms with Crippen LogP contribution in [0.4, 0.5) is 0 Å². The van der Waals surface area contributed by atoms with Gasteiger partial charge in [-0.1, -0.05) is 6.07 Å². The topological polar surface area (TPSA) is 68.6 Å². The van der Waals surface area contributed by atoms with Gasteiger partial charge in [0, 0.05) is 5.92 Å². The van der Waals surface area contributed by atoms with Gasteiger partial charge in [0.2, 0.25) is 0 Å². The van der Waals surface area contributed by atoms with Gasteiger partial charge in [-0.3, -0.25) is 4.79 Å². The van der Waals surface area contributed by atoms with Gasteiger partial charge in [0.25, 0.3) is 0 Å². The molecular formula is C16H17NO4. The van der Waals surface area contributed by atoms with Crippen LogP contribution in [0.3, 0.4) is 0 Å². The molecule has 3 atom stereocenters. The minimum absolute atomic E-state index is 0.0708. The molecule has 2 heterocycles. The lowest BCUT2D eigenvalue weighted by atomic mass is 9.87. The molecule has 21 heavy (non-hydrogen) atoms. The molecule has 110 valence electrons. The van der Waals surface area contributed by atoms with Crippen LogP contribution in [-0.2, 0) is 9.53 Å². The van der Waals surface area contributed by atoms with E-state index in [9.17, 15) is 10.1 Å². The van der Waals surface area contributed by atoms with Gasteiger partial charge in [-0.25, -0.2) is 0 Å². The maximum atomic E-state index is 12.5. The van der Waals surface area contributed by atoms with Gasteiger partial charge in [-0.05, 0) is 31.0 Å². The van der Waals surface area contributed by atoms with Crippen molar-refractivity contribution in [1.82, 2.24) is 0 Å². The van der Waals surface area contributed by atoms with Gasteiger partial charge in [0.05, 0.1) is 18.8 Å². The van der Waals surface area contributed by atoms with Crippen molar-refractivity contribution in [3.63, 3.8) is 0 Å². The fourth-order valence-electron chi connectivity index (χ4n) is 2.79. The molecule has 0 aliphatic carbocycles. The first-order chi connectivity index (χ1) is 10.2. The molecule has 1 aromatic rings. The number of Topliss-reactive ketones (excluding diaryl/α,β-unsaturated/α-hetero) is 1. The zero-order valence-electron chi connectivity index (χ0n) is 11.9. The largest absolute Gasteiger partial charge is 0.486 e. The average molecular weight is 287 g/mol. The lowest BCUT2D eigenvalue weighted by Crippen LogP contribution is -2.22. The molecule has 3 rings (SSSR count). The molecule has 0 N–H and O–H groups in total. The Bertz CT molecular complexity index is 592. The van der Waals surface area contributed by atoms with Gasteiger partial charge >= 0.3 is 0 Å². The number of hydrogen-bond acceptors (Lipinski definition) is 5. The van der Waals surface area contributed by atoms with E-state index in [-0.39, 0.29) is 17.8 Å². The first-order valence-corrected chi connectivity index (χ1v) is 7.13. The van der Waals surface area contributed by atoms with E-state index in [0.717, 1.165) is 0 Å². The van der Waals surface area contributed by atoms with Crippen molar-refractivity contribution >= 4 is 5.78 Å². The Labute approximate surface area is 123 Å². The Morgan fingerprint density at radius 3 is 2.76 bits per heavy atom. The van der Waals surface area contributed by atoms with Crippen molar-refractivity contribution in [3.8, 4) is 17.6 Å². The smallest absolute Gasteiger partial charge is 0.161 e. The van der Waals surface area contributed by atoms with E-state index >= 15 is 0 Å². The average Bonchev–Trinajstić information content (AvgIpc) is 2.94. The molecule has 0 spiro atoms. The summed E-state index contributed by atoms with van der Waals surface area (Å²) < 4.78 is 16.4. The number of carbonyl (C=O) groups excluding carboxylic acids is 1. The third-order valence-electron chi connectivity index (χ3n) is 3.91. The zero-order chi connectivity index (χ0) is 14.8. The van der Waals surface area contributed by atoms with E-state index in [4.69, 9.17) is 14.2 Å². The van der Waals surface area contributed by atoms with Crippen LogP contribution >= 0.6 is 0 Å². The molecule has 2 aliphatic heterocycles. The van der Waals surface area contributed by atoms with Crippen LogP contribution in [0.5, 0.6) is 11.5 Å². The van der Waals surface area contributed by atoms with Crippen molar-refractivity contribution in [2.24, 2.45) is 5.92 Å². The Kier molecular flexibility index (Phi) is 3.80. The fourth-order valence-corrected chi connectivity index (χ4v) is 2.79. The molecule has 5 nitrogen and oxygen atoms in total. The van der Waals surface area contributed by atoms with Crippen molar-refractivity contribution in [2.75, 3.05) is 19.8 Å². The number of hydrogen-bond donors (Lipinski definition) is 0. The van der Waals surface area contributed by atoms with Gasteiger partial charge in [0.1, 0.15) is 19.1 Å². The first kappa shape index (κ1) is 13.9. The van der Waals surface area contributed by atoms with Crippen LogP contribution < -0.4 is 9.47 Å². The Hall–Kier alpha value is -2.06. The fraction of sp³-hybridized carbons (Fsp3) is 0.500. The molecule has 0 radical (unpaired) electrons. The van der Waals surface area contributed by atoms with Crippen LogP contribution in [0.25, 0.3) is 0 Å². The van der Waals surface area contributed by atoms with Crippen LogP contribution in [-0.4, -0.2) is 31.7 Å². The second-order valence-electron chi connectivity index (χ2n) is 5.44. The zero-order valence-corrected chi connectivity index (χ0v) is 11.9. The summed E-state index contributed by atoms with van der Waals surface area (Å²) in [6.45, 7) is 3.35. The van der Waals surface area contributed by atoms with E-state index in [0.29, 0.717) is 43.3 Å². The van der Waals surface area contributed by atoms with Gasteiger partial charge in [0.15, 0.2) is 17.3 Å². The molecule has 1 fully saturated rings. The van der Waals surface area contributed by atoms with E-state index in [1.165, 1.54) is 0 Å². The van der Waals surface area contributed by atoms with Crippen molar-refractivity contribution < 1.29 is 19.0 Å². The van der Waals surface area contributed by atoms with Crippen LogP contribution in [0.15, 0.2) is 18.2 Å². The molecule has 0 saturated carbocycles. The standard InChI is InChI=1S/C16H17NO4/c1-10-6-12(9-21-10)16(18)13(8-17)11-2-3-14-15(7-11)20-5-4-19-14/h2-3,7,10,12-13H,4-6,9H2,1H3. The Morgan fingerprint density at radius 1 is 1.33 bits per heavy atom. The van der Waals surface area contributed by atoms with Crippen molar-refractivity contribution in [1.29, 1.82) is 5.26 Å². The molecule has 1 saturated heterocycles. The molecule has 1 aromatic carbocycles. The van der Waals surface area contributed by atoms with Gasteiger partial charge in [-0.2, -0.15) is 5.26 Å². The van der Waals surface area contributed by atoms with E-state index < -0.39 is 5.92 Å². The summed E-state index contributed by atoms with van der Waals surface area (Å²) in [6, 6.07) is 7.37. The summed E-state index contributed by atoms with van der Waals surface area (Å²) in [4.78, 5) is 12.5. The number of ether oxygens (including phenoxy) is 3. The maximum Gasteiger partial charge on any atom is 0.161 e. The minimum Gasteiger partial charge on any atom is -0.486 e. The molecule has 0 bridgehead atoms. The van der Waals surface area contributed by atoms with Gasteiger partial charge < -0.3 is 14.2 Å². The highest BCUT2D eigenvalue weighted by molar-refractivity contribution is 5.90. The van der Waals surface area contributed by atoms with E-state index in [2.05, 4.69) is 6.07 Å². The number of carbonyl (C=O) groups is 1. The Balaban J connectivity index is 1.83. The van der Waals surface area contributed by atoms with Crippen molar-refractivity contribution in [3.05, 3.63) is 23.8 Å². The molecule has 5 heteroatoms. The highest BCUT2D eigenvalue weighted by Gasteiger charge is 2.34. The summed E-state index contributed by atoms with van der Waals surface area (Å²) in [5.41, 5.74) is 0.659. The number of nitriles is 1. The summed E-state index contributed by atoms with van der Waals surface area (Å²) in [7, 11) is 0. The summed E-state index contributed by atoms with van der Waals surface area (Å²) in [5, 5.41) is 9.40. The second kappa shape index (κ2) is 5.74. The quantitative estimate of drug-likeness (QED) is 0.851.